The molecule has 0 fully saturated rings. The van der Waals surface area contributed by atoms with Crippen molar-refractivity contribution in [2.24, 2.45) is 0 Å². The quantitative estimate of drug-likeness (QED) is 0.648. The molecule has 0 aliphatic heterocycles. The van der Waals surface area contributed by atoms with Crippen molar-refractivity contribution in [3.63, 3.8) is 0 Å². The Hall–Kier alpha value is -2.69. The van der Waals surface area contributed by atoms with E-state index in [1.54, 1.807) is 7.11 Å². The third kappa shape index (κ3) is 6.31. The average molecular weight is 356 g/mol. The maximum Gasteiger partial charge on any atom is 0.319 e. The molecule has 0 spiro atoms. The van der Waals surface area contributed by atoms with Crippen LogP contribution in [0.2, 0.25) is 0 Å². The van der Waals surface area contributed by atoms with Gasteiger partial charge in [0.15, 0.2) is 0 Å². The fraction of sp³-hybridized carbons (Fsp3) is 0.381. The number of hydrogen-bond acceptors (Lipinski definition) is 3. The standard InChI is InChI=1S/C21H28N2O3/c1-4-5-14-26-19-10-11-20(16(2)15-19)23-21(24)22-13-12-17-6-8-18(25-3)9-7-17/h6-11,15H,4-5,12-14H2,1-3H3,(H2,22,23,24). The number of carbonyl (C=O) groups is 1. The molecule has 0 saturated heterocycles. The summed E-state index contributed by atoms with van der Waals surface area (Å²) in [7, 11) is 1.65. The van der Waals surface area contributed by atoms with Crippen molar-refractivity contribution in [2.45, 2.75) is 33.1 Å². The zero-order valence-corrected chi connectivity index (χ0v) is 15.8. The van der Waals surface area contributed by atoms with Gasteiger partial charge in [-0.25, -0.2) is 4.79 Å². The Labute approximate surface area is 155 Å². The second-order valence-electron chi connectivity index (χ2n) is 6.16. The highest BCUT2D eigenvalue weighted by Gasteiger charge is 2.06. The molecule has 2 rings (SSSR count). The van der Waals surface area contributed by atoms with Crippen LogP contribution < -0.4 is 20.1 Å². The Bertz CT molecular complexity index is 699. The van der Waals surface area contributed by atoms with Gasteiger partial charge in [0.2, 0.25) is 0 Å². The molecule has 0 aromatic heterocycles. The summed E-state index contributed by atoms with van der Waals surface area (Å²) in [5.74, 6) is 1.67. The van der Waals surface area contributed by atoms with E-state index in [9.17, 15) is 4.79 Å². The summed E-state index contributed by atoms with van der Waals surface area (Å²) in [6.45, 7) is 5.37. The summed E-state index contributed by atoms with van der Waals surface area (Å²) in [6, 6.07) is 13.3. The molecule has 2 N–H and O–H groups in total. The van der Waals surface area contributed by atoms with E-state index in [2.05, 4.69) is 17.6 Å². The Balaban J connectivity index is 1.77. The molecule has 26 heavy (non-hydrogen) atoms. The number of anilines is 1. The third-order valence-corrected chi connectivity index (χ3v) is 4.07. The van der Waals surface area contributed by atoms with Crippen LogP contribution in [0.15, 0.2) is 42.5 Å². The van der Waals surface area contributed by atoms with Gasteiger partial charge >= 0.3 is 6.03 Å². The second kappa shape index (κ2) is 10.3. The first-order chi connectivity index (χ1) is 12.6. The maximum absolute atomic E-state index is 12.1. The molecule has 2 amide bonds. The van der Waals surface area contributed by atoms with Crippen molar-refractivity contribution in [3.05, 3.63) is 53.6 Å². The van der Waals surface area contributed by atoms with E-state index in [4.69, 9.17) is 9.47 Å². The van der Waals surface area contributed by atoms with Crippen LogP contribution in [0, 0.1) is 6.92 Å². The number of hydrogen-bond donors (Lipinski definition) is 2. The van der Waals surface area contributed by atoms with Crippen LogP contribution in [-0.4, -0.2) is 26.3 Å². The smallest absolute Gasteiger partial charge is 0.319 e. The summed E-state index contributed by atoms with van der Waals surface area (Å²) in [4.78, 5) is 12.1. The number of aryl methyl sites for hydroxylation is 1. The van der Waals surface area contributed by atoms with Gasteiger partial charge in [-0.2, -0.15) is 0 Å². The largest absolute Gasteiger partial charge is 0.497 e. The van der Waals surface area contributed by atoms with Crippen LogP contribution >= 0.6 is 0 Å². The third-order valence-electron chi connectivity index (χ3n) is 4.07. The number of unbranched alkanes of at least 4 members (excludes halogenated alkanes) is 1. The minimum Gasteiger partial charge on any atom is -0.497 e. The van der Waals surface area contributed by atoms with Gasteiger partial charge in [-0.1, -0.05) is 25.5 Å². The molecule has 5 nitrogen and oxygen atoms in total. The molecule has 0 unspecified atom stereocenters. The van der Waals surface area contributed by atoms with Crippen LogP contribution in [0.1, 0.15) is 30.9 Å². The van der Waals surface area contributed by atoms with E-state index in [0.29, 0.717) is 13.2 Å². The van der Waals surface area contributed by atoms with Crippen molar-refractivity contribution >= 4 is 11.7 Å². The number of amides is 2. The van der Waals surface area contributed by atoms with Crippen molar-refractivity contribution in [2.75, 3.05) is 25.6 Å². The normalized spacial score (nSPS) is 10.3. The van der Waals surface area contributed by atoms with Gasteiger partial charge in [-0.05, 0) is 61.2 Å². The molecule has 0 aliphatic carbocycles. The summed E-state index contributed by atoms with van der Waals surface area (Å²) in [6.07, 6.45) is 2.91. The van der Waals surface area contributed by atoms with Crippen LogP contribution in [0.3, 0.4) is 0 Å². The predicted molar refractivity (Wildman–Crippen MR) is 105 cm³/mol. The Morgan fingerprint density at radius 3 is 2.46 bits per heavy atom. The summed E-state index contributed by atoms with van der Waals surface area (Å²) in [5.41, 5.74) is 2.91. The van der Waals surface area contributed by atoms with E-state index in [-0.39, 0.29) is 6.03 Å². The molecule has 5 heteroatoms. The lowest BCUT2D eigenvalue weighted by atomic mass is 10.1. The minimum atomic E-state index is -0.207. The average Bonchev–Trinajstić information content (AvgIpc) is 2.65. The van der Waals surface area contributed by atoms with Crippen LogP contribution in [0.25, 0.3) is 0 Å². The fourth-order valence-corrected chi connectivity index (χ4v) is 2.48. The molecule has 0 heterocycles. The first-order valence-corrected chi connectivity index (χ1v) is 9.03. The van der Waals surface area contributed by atoms with Gasteiger partial charge in [0, 0.05) is 12.2 Å². The van der Waals surface area contributed by atoms with Gasteiger partial charge in [0.05, 0.1) is 13.7 Å². The van der Waals surface area contributed by atoms with Crippen LogP contribution in [0.4, 0.5) is 10.5 Å². The molecular formula is C21H28N2O3. The van der Waals surface area contributed by atoms with Crippen molar-refractivity contribution in [3.8, 4) is 11.5 Å². The summed E-state index contributed by atoms with van der Waals surface area (Å²) >= 11 is 0. The van der Waals surface area contributed by atoms with Gasteiger partial charge in [-0.15, -0.1) is 0 Å². The number of carbonyl (C=O) groups excluding carboxylic acids is 1. The summed E-state index contributed by atoms with van der Waals surface area (Å²) in [5, 5.41) is 5.76. The highest BCUT2D eigenvalue weighted by atomic mass is 16.5. The molecule has 2 aromatic carbocycles. The molecule has 0 radical (unpaired) electrons. The Morgan fingerprint density at radius 2 is 1.81 bits per heavy atom. The molecule has 0 bridgehead atoms. The van der Waals surface area contributed by atoms with E-state index in [0.717, 1.165) is 47.6 Å². The van der Waals surface area contributed by atoms with Crippen LogP contribution in [-0.2, 0) is 6.42 Å². The Kier molecular flexibility index (Phi) is 7.80. The zero-order valence-electron chi connectivity index (χ0n) is 15.8. The number of ether oxygens (including phenoxy) is 2. The molecule has 0 saturated carbocycles. The molecule has 2 aromatic rings. The lowest BCUT2D eigenvalue weighted by molar-refractivity contribution is 0.252. The second-order valence-corrected chi connectivity index (χ2v) is 6.16. The first kappa shape index (κ1) is 19.6. The molecule has 0 aliphatic rings. The highest BCUT2D eigenvalue weighted by molar-refractivity contribution is 5.90. The van der Waals surface area contributed by atoms with E-state index < -0.39 is 0 Å². The van der Waals surface area contributed by atoms with Gasteiger partial charge < -0.3 is 20.1 Å². The monoisotopic (exact) mass is 356 g/mol. The van der Waals surface area contributed by atoms with Crippen LogP contribution in [0.5, 0.6) is 11.5 Å². The number of benzene rings is 2. The highest BCUT2D eigenvalue weighted by Crippen LogP contribution is 2.21. The predicted octanol–water partition coefficient (Wildman–Crippen LogP) is 4.55. The van der Waals surface area contributed by atoms with Gasteiger partial charge in [0.25, 0.3) is 0 Å². The van der Waals surface area contributed by atoms with Gasteiger partial charge in [0.1, 0.15) is 11.5 Å². The van der Waals surface area contributed by atoms with Crippen molar-refractivity contribution in [1.82, 2.24) is 5.32 Å². The number of rotatable bonds is 9. The topological polar surface area (TPSA) is 59.6 Å². The van der Waals surface area contributed by atoms with E-state index in [1.807, 2.05) is 49.4 Å². The SMILES string of the molecule is CCCCOc1ccc(NC(=O)NCCc2ccc(OC)cc2)c(C)c1. The zero-order chi connectivity index (χ0) is 18.8. The number of urea groups is 1. The van der Waals surface area contributed by atoms with Gasteiger partial charge in [-0.3, -0.25) is 0 Å². The molecular weight excluding hydrogens is 328 g/mol. The lowest BCUT2D eigenvalue weighted by Gasteiger charge is -2.12. The maximum atomic E-state index is 12.1. The number of methoxy groups -OCH3 is 1. The molecule has 140 valence electrons. The lowest BCUT2D eigenvalue weighted by Crippen LogP contribution is -2.30. The first-order valence-electron chi connectivity index (χ1n) is 9.03. The Morgan fingerprint density at radius 1 is 1.08 bits per heavy atom. The van der Waals surface area contributed by atoms with Crippen molar-refractivity contribution < 1.29 is 14.3 Å². The van der Waals surface area contributed by atoms with Crippen molar-refractivity contribution in [1.29, 1.82) is 0 Å². The summed E-state index contributed by atoms with van der Waals surface area (Å²) < 4.78 is 10.8. The fourth-order valence-electron chi connectivity index (χ4n) is 2.48. The number of nitrogens with one attached hydrogen (secondary N) is 2. The molecule has 0 atom stereocenters. The van der Waals surface area contributed by atoms with E-state index >= 15 is 0 Å². The minimum absolute atomic E-state index is 0.207. The van der Waals surface area contributed by atoms with E-state index in [1.165, 1.54) is 0 Å².